The molecule has 4 nitrogen and oxygen atoms in total. The Balaban J connectivity index is 1.76. The fraction of sp³-hybridized carbons (Fsp3) is 0.0417. The lowest BCUT2D eigenvalue weighted by atomic mass is 10.0. The highest BCUT2D eigenvalue weighted by Crippen LogP contribution is 2.26. The third-order valence-corrected chi connectivity index (χ3v) is 4.48. The molecule has 0 aliphatic carbocycles. The molecule has 0 saturated heterocycles. The summed E-state index contributed by atoms with van der Waals surface area (Å²) in [5.74, 6) is -0.0709. The summed E-state index contributed by atoms with van der Waals surface area (Å²) >= 11 is 0. The monoisotopic (exact) mass is 364 g/mol. The maximum atomic E-state index is 12.9. The largest absolute Gasteiger partial charge is 0.423 e. The number of hydrogen-bond donors (Lipinski definition) is 0. The first-order chi connectivity index (χ1) is 13.6. The fourth-order valence-electron chi connectivity index (χ4n) is 2.98. The van der Waals surface area contributed by atoms with Crippen molar-refractivity contribution < 1.29 is 9.53 Å². The number of hydrogen-bond acceptors (Lipinski definition) is 4. The Labute approximate surface area is 162 Å². The van der Waals surface area contributed by atoms with E-state index < -0.39 is 5.97 Å². The average Bonchev–Trinajstić information content (AvgIpc) is 2.74. The number of benzene rings is 3. The van der Waals surface area contributed by atoms with Crippen LogP contribution in [0.1, 0.15) is 21.5 Å². The van der Waals surface area contributed by atoms with Gasteiger partial charge in [-0.3, -0.25) is 0 Å². The van der Waals surface area contributed by atoms with E-state index >= 15 is 0 Å². The second kappa shape index (κ2) is 7.34. The van der Waals surface area contributed by atoms with Gasteiger partial charge in [0.05, 0.1) is 28.4 Å². The van der Waals surface area contributed by atoms with Crippen molar-refractivity contribution in [1.29, 1.82) is 5.26 Å². The van der Waals surface area contributed by atoms with Crippen LogP contribution < -0.4 is 4.74 Å². The van der Waals surface area contributed by atoms with Crippen molar-refractivity contribution in [2.24, 2.45) is 0 Å². The predicted molar refractivity (Wildman–Crippen MR) is 108 cm³/mol. The summed E-state index contributed by atoms with van der Waals surface area (Å²) in [4.78, 5) is 17.6. The van der Waals surface area contributed by atoms with Crippen molar-refractivity contribution in [2.75, 3.05) is 0 Å². The molecular weight excluding hydrogens is 348 g/mol. The lowest BCUT2D eigenvalue weighted by Crippen LogP contribution is -2.10. The molecule has 0 atom stereocenters. The molecule has 0 N–H and O–H groups in total. The number of carbonyl (C=O) groups excluding carboxylic acids is 1. The van der Waals surface area contributed by atoms with E-state index in [1.54, 1.807) is 30.3 Å². The number of carbonyl (C=O) groups is 1. The first kappa shape index (κ1) is 17.4. The standard InChI is InChI=1S/C24H16N2O2/c1-16-6-10-18(11-7-16)23-14-21(20-4-2-3-5-22(20)26-23)24(27)28-19-12-8-17(15-25)9-13-19/h2-14H,1H3. The van der Waals surface area contributed by atoms with Crippen LogP contribution in [0.25, 0.3) is 22.2 Å². The van der Waals surface area contributed by atoms with Crippen LogP contribution in [0.3, 0.4) is 0 Å². The highest BCUT2D eigenvalue weighted by atomic mass is 16.5. The van der Waals surface area contributed by atoms with Gasteiger partial charge in [0.25, 0.3) is 0 Å². The molecule has 3 aromatic carbocycles. The molecule has 0 aliphatic heterocycles. The number of ether oxygens (including phenoxy) is 1. The van der Waals surface area contributed by atoms with Gasteiger partial charge in [-0.2, -0.15) is 5.26 Å². The molecule has 0 saturated carbocycles. The van der Waals surface area contributed by atoms with E-state index in [-0.39, 0.29) is 0 Å². The Bertz CT molecular complexity index is 1200. The number of esters is 1. The molecule has 0 bridgehead atoms. The van der Waals surface area contributed by atoms with Crippen molar-refractivity contribution in [3.05, 3.63) is 95.6 Å². The minimum atomic E-state index is -0.461. The Kier molecular flexibility index (Phi) is 4.57. The van der Waals surface area contributed by atoms with Gasteiger partial charge >= 0.3 is 5.97 Å². The van der Waals surface area contributed by atoms with E-state index in [0.29, 0.717) is 22.6 Å². The Morgan fingerprint density at radius 3 is 2.39 bits per heavy atom. The fourth-order valence-corrected chi connectivity index (χ4v) is 2.98. The molecule has 0 fully saturated rings. The van der Waals surface area contributed by atoms with Crippen LogP contribution in [0.2, 0.25) is 0 Å². The second-order valence-corrected chi connectivity index (χ2v) is 6.46. The van der Waals surface area contributed by atoms with Crippen LogP contribution >= 0.6 is 0 Å². The summed E-state index contributed by atoms with van der Waals surface area (Å²) < 4.78 is 5.54. The number of aryl methyl sites for hydroxylation is 1. The highest BCUT2D eigenvalue weighted by Gasteiger charge is 2.16. The average molecular weight is 364 g/mol. The summed E-state index contributed by atoms with van der Waals surface area (Å²) in [6.45, 7) is 2.03. The molecule has 4 aromatic rings. The first-order valence-electron chi connectivity index (χ1n) is 8.83. The van der Waals surface area contributed by atoms with Crippen molar-refractivity contribution in [3.8, 4) is 23.1 Å². The number of fused-ring (bicyclic) bond motifs is 1. The van der Waals surface area contributed by atoms with E-state index in [9.17, 15) is 4.79 Å². The van der Waals surface area contributed by atoms with E-state index in [4.69, 9.17) is 15.0 Å². The quantitative estimate of drug-likeness (QED) is 0.365. The molecule has 4 rings (SSSR count). The van der Waals surface area contributed by atoms with Gasteiger partial charge in [-0.15, -0.1) is 0 Å². The van der Waals surface area contributed by atoms with E-state index in [0.717, 1.165) is 22.0 Å². The molecule has 0 spiro atoms. The van der Waals surface area contributed by atoms with Gasteiger partial charge in [-0.1, -0.05) is 48.0 Å². The Hall–Kier alpha value is -3.97. The van der Waals surface area contributed by atoms with Gasteiger partial charge in [-0.25, -0.2) is 9.78 Å². The van der Waals surface area contributed by atoms with Gasteiger partial charge in [-0.05, 0) is 43.3 Å². The van der Waals surface area contributed by atoms with E-state index in [1.807, 2.05) is 61.5 Å². The van der Waals surface area contributed by atoms with E-state index in [1.165, 1.54) is 0 Å². The third kappa shape index (κ3) is 3.46. The molecule has 0 radical (unpaired) electrons. The molecule has 134 valence electrons. The van der Waals surface area contributed by atoms with Crippen molar-refractivity contribution >= 4 is 16.9 Å². The molecule has 0 aliphatic rings. The number of aromatic nitrogens is 1. The van der Waals surface area contributed by atoms with Crippen LogP contribution in [0.15, 0.2) is 78.9 Å². The molecule has 28 heavy (non-hydrogen) atoms. The summed E-state index contributed by atoms with van der Waals surface area (Å²) in [7, 11) is 0. The Morgan fingerprint density at radius 1 is 0.964 bits per heavy atom. The SMILES string of the molecule is Cc1ccc(-c2cc(C(=O)Oc3ccc(C#N)cc3)c3ccccc3n2)cc1. The number of nitrogens with zero attached hydrogens (tertiary/aromatic N) is 2. The van der Waals surface area contributed by atoms with Crippen LogP contribution in [0.4, 0.5) is 0 Å². The van der Waals surface area contributed by atoms with Gasteiger partial charge in [0.1, 0.15) is 5.75 Å². The van der Waals surface area contributed by atoms with Gasteiger partial charge in [0.15, 0.2) is 0 Å². The predicted octanol–water partition coefficient (Wildman–Crippen LogP) is 5.30. The van der Waals surface area contributed by atoms with E-state index in [2.05, 4.69) is 0 Å². The highest BCUT2D eigenvalue weighted by molar-refractivity contribution is 6.05. The zero-order chi connectivity index (χ0) is 19.5. The lowest BCUT2D eigenvalue weighted by molar-refractivity contribution is 0.0737. The first-order valence-corrected chi connectivity index (χ1v) is 8.83. The maximum Gasteiger partial charge on any atom is 0.344 e. The number of pyridine rings is 1. The molecule has 1 heterocycles. The van der Waals surface area contributed by atoms with Crippen LogP contribution in [-0.2, 0) is 0 Å². The van der Waals surface area contributed by atoms with Crippen LogP contribution in [0, 0.1) is 18.3 Å². The number of para-hydroxylation sites is 1. The van der Waals surface area contributed by atoms with Crippen molar-refractivity contribution in [2.45, 2.75) is 6.92 Å². The molecule has 4 heteroatoms. The molecule has 0 unspecified atom stereocenters. The molecular formula is C24H16N2O2. The zero-order valence-electron chi connectivity index (χ0n) is 15.2. The summed E-state index contributed by atoms with van der Waals surface area (Å²) in [6.07, 6.45) is 0. The minimum absolute atomic E-state index is 0.391. The topological polar surface area (TPSA) is 63.0 Å². The lowest BCUT2D eigenvalue weighted by Gasteiger charge is -2.10. The smallest absolute Gasteiger partial charge is 0.344 e. The van der Waals surface area contributed by atoms with Gasteiger partial charge in [0.2, 0.25) is 0 Å². The third-order valence-electron chi connectivity index (χ3n) is 4.48. The van der Waals surface area contributed by atoms with Crippen molar-refractivity contribution in [1.82, 2.24) is 4.98 Å². The molecule has 0 amide bonds. The summed E-state index contributed by atoms with van der Waals surface area (Å²) in [5.41, 5.74) is 4.49. The maximum absolute atomic E-state index is 12.9. The summed E-state index contributed by atoms with van der Waals surface area (Å²) in [5, 5.41) is 9.63. The minimum Gasteiger partial charge on any atom is -0.423 e. The van der Waals surface area contributed by atoms with Gasteiger partial charge in [0, 0.05) is 10.9 Å². The van der Waals surface area contributed by atoms with Crippen LogP contribution in [-0.4, -0.2) is 11.0 Å². The number of nitriles is 1. The van der Waals surface area contributed by atoms with Gasteiger partial charge < -0.3 is 4.74 Å². The zero-order valence-corrected chi connectivity index (χ0v) is 15.2. The Morgan fingerprint density at radius 2 is 1.68 bits per heavy atom. The van der Waals surface area contributed by atoms with Crippen LogP contribution in [0.5, 0.6) is 5.75 Å². The summed E-state index contributed by atoms with van der Waals surface area (Å²) in [6, 6.07) is 25.8. The second-order valence-electron chi connectivity index (χ2n) is 6.46. The molecule has 1 aromatic heterocycles. The number of rotatable bonds is 3. The van der Waals surface area contributed by atoms with Crippen molar-refractivity contribution in [3.63, 3.8) is 0 Å². The normalized spacial score (nSPS) is 10.4.